The second kappa shape index (κ2) is 6.19. The van der Waals surface area contributed by atoms with Crippen LogP contribution < -0.4 is 10.5 Å². The van der Waals surface area contributed by atoms with Crippen LogP contribution in [0.15, 0.2) is 22.7 Å². The Hall–Kier alpha value is -0.350. The van der Waals surface area contributed by atoms with Crippen LogP contribution in [0.25, 0.3) is 0 Å². The van der Waals surface area contributed by atoms with Crippen LogP contribution in [-0.2, 0) is 0 Å². The number of ether oxygens (including phenoxy) is 1. The van der Waals surface area contributed by atoms with Gasteiger partial charge in [-0.1, -0.05) is 22.9 Å². The van der Waals surface area contributed by atoms with Crippen molar-refractivity contribution in [2.24, 2.45) is 0 Å². The van der Waals surface area contributed by atoms with Crippen LogP contribution in [0.4, 0.5) is 5.69 Å². The molecule has 2 nitrogen and oxygen atoms in total. The first-order valence-electron chi connectivity index (χ1n) is 4.49. The van der Waals surface area contributed by atoms with E-state index in [1.54, 1.807) is 0 Å². The summed E-state index contributed by atoms with van der Waals surface area (Å²) in [6.45, 7) is 2.87. The topological polar surface area (TPSA) is 35.2 Å². The molecule has 0 heterocycles. The third-order valence-electron chi connectivity index (χ3n) is 1.59. The van der Waals surface area contributed by atoms with Gasteiger partial charge in [-0.15, -0.1) is 0 Å². The number of nitrogens with two attached hydrogens (primary N) is 1. The third-order valence-corrected chi connectivity index (χ3v) is 2.92. The highest BCUT2D eigenvalue weighted by Crippen LogP contribution is 2.22. The van der Waals surface area contributed by atoms with Gasteiger partial charge in [0.05, 0.1) is 6.61 Å². The van der Waals surface area contributed by atoms with Crippen LogP contribution in [0.3, 0.4) is 0 Å². The molecule has 0 aromatic heterocycles. The normalized spacial score (nSPS) is 10.1. The van der Waals surface area contributed by atoms with Crippen molar-refractivity contribution in [3.63, 3.8) is 0 Å². The molecule has 2 N–H and O–H groups in total. The van der Waals surface area contributed by atoms with Crippen LogP contribution in [0.5, 0.6) is 5.75 Å². The second-order valence-electron chi connectivity index (χ2n) is 2.77. The van der Waals surface area contributed by atoms with Gasteiger partial charge in [0.15, 0.2) is 0 Å². The minimum Gasteiger partial charge on any atom is -0.493 e. The second-order valence-corrected chi connectivity index (χ2v) is 5.08. The Morgan fingerprint density at radius 2 is 2.21 bits per heavy atom. The third kappa shape index (κ3) is 4.24. The molecule has 0 atom stereocenters. The van der Waals surface area contributed by atoms with Gasteiger partial charge in [0.2, 0.25) is 0 Å². The van der Waals surface area contributed by atoms with Crippen molar-refractivity contribution >= 4 is 33.4 Å². The SMILES string of the molecule is CCSCCOc1cc(N)cc(Br)c1. The predicted octanol–water partition coefficient (Wildman–Crippen LogP) is 3.16. The number of halogens is 1. The minimum absolute atomic E-state index is 0.720. The van der Waals surface area contributed by atoms with E-state index in [9.17, 15) is 0 Å². The summed E-state index contributed by atoms with van der Waals surface area (Å²) in [4.78, 5) is 0. The molecule has 14 heavy (non-hydrogen) atoms. The first kappa shape index (κ1) is 11.7. The van der Waals surface area contributed by atoms with Crippen molar-refractivity contribution in [2.75, 3.05) is 23.8 Å². The Kier molecular flexibility index (Phi) is 5.19. The average Bonchev–Trinajstić information content (AvgIpc) is 2.11. The van der Waals surface area contributed by atoms with Crippen molar-refractivity contribution in [3.05, 3.63) is 22.7 Å². The van der Waals surface area contributed by atoms with E-state index in [-0.39, 0.29) is 0 Å². The van der Waals surface area contributed by atoms with Crippen LogP contribution in [0.1, 0.15) is 6.92 Å². The number of nitrogen functional groups attached to an aromatic ring is 1. The highest BCUT2D eigenvalue weighted by Gasteiger charge is 1.97. The van der Waals surface area contributed by atoms with E-state index in [4.69, 9.17) is 10.5 Å². The van der Waals surface area contributed by atoms with Crippen LogP contribution in [-0.4, -0.2) is 18.1 Å². The van der Waals surface area contributed by atoms with Gasteiger partial charge >= 0.3 is 0 Å². The van der Waals surface area contributed by atoms with Crippen molar-refractivity contribution in [3.8, 4) is 5.75 Å². The molecule has 4 heteroatoms. The molecule has 0 amide bonds. The summed E-state index contributed by atoms with van der Waals surface area (Å²) < 4.78 is 6.49. The summed E-state index contributed by atoms with van der Waals surface area (Å²) in [6.07, 6.45) is 0. The molecule has 1 rings (SSSR count). The van der Waals surface area contributed by atoms with E-state index >= 15 is 0 Å². The van der Waals surface area contributed by atoms with Crippen LogP contribution >= 0.6 is 27.7 Å². The van der Waals surface area contributed by atoms with E-state index in [0.29, 0.717) is 0 Å². The molecular weight excluding hydrogens is 262 g/mol. The number of rotatable bonds is 5. The van der Waals surface area contributed by atoms with E-state index in [1.807, 2.05) is 30.0 Å². The van der Waals surface area contributed by atoms with Crippen molar-refractivity contribution in [1.29, 1.82) is 0 Å². The first-order valence-corrected chi connectivity index (χ1v) is 6.43. The Balaban J connectivity index is 2.42. The smallest absolute Gasteiger partial charge is 0.122 e. The lowest BCUT2D eigenvalue weighted by Crippen LogP contribution is -2.00. The van der Waals surface area contributed by atoms with Gasteiger partial charge in [0.1, 0.15) is 5.75 Å². The van der Waals surface area contributed by atoms with Gasteiger partial charge < -0.3 is 10.5 Å². The molecule has 0 saturated carbocycles. The molecule has 0 aliphatic rings. The lowest BCUT2D eigenvalue weighted by Gasteiger charge is -2.06. The van der Waals surface area contributed by atoms with E-state index in [2.05, 4.69) is 22.9 Å². The fourth-order valence-corrected chi connectivity index (χ4v) is 2.01. The zero-order valence-electron chi connectivity index (χ0n) is 8.13. The maximum atomic E-state index is 5.67. The standard InChI is InChI=1S/C10H14BrNOS/c1-2-14-4-3-13-10-6-8(11)5-9(12)7-10/h5-7H,2-4,12H2,1H3. The van der Waals surface area contributed by atoms with Crippen LogP contribution in [0.2, 0.25) is 0 Å². The highest BCUT2D eigenvalue weighted by atomic mass is 79.9. The zero-order valence-corrected chi connectivity index (χ0v) is 10.5. The van der Waals surface area contributed by atoms with E-state index < -0.39 is 0 Å². The van der Waals surface area contributed by atoms with E-state index in [0.717, 1.165) is 34.0 Å². The quantitative estimate of drug-likeness (QED) is 0.662. The van der Waals surface area contributed by atoms with Crippen molar-refractivity contribution in [2.45, 2.75) is 6.92 Å². The molecule has 1 aromatic rings. The predicted molar refractivity (Wildman–Crippen MR) is 67.0 cm³/mol. The van der Waals surface area contributed by atoms with Gasteiger partial charge in [0, 0.05) is 22.0 Å². The summed E-state index contributed by atoms with van der Waals surface area (Å²) in [5.74, 6) is 2.97. The van der Waals surface area contributed by atoms with Gasteiger partial charge in [-0.2, -0.15) is 11.8 Å². The summed E-state index contributed by atoms with van der Waals surface area (Å²) in [5.41, 5.74) is 6.39. The monoisotopic (exact) mass is 275 g/mol. The molecule has 0 bridgehead atoms. The summed E-state index contributed by atoms with van der Waals surface area (Å²) in [7, 11) is 0. The lowest BCUT2D eigenvalue weighted by atomic mass is 10.3. The molecule has 0 spiro atoms. The Labute approximate surface area is 97.3 Å². The molecule has 1 aromatic carbocycles. The number of hydrogen-bond donors (Lipinski definition) is 1. The maximum Gasteiger partial charge on any atom is 0.122 e. The van der Waals surface area contributed by atoms with Gasteiger partial charge in [0.25, 0.3) is 0 Å². The van der Waals surface area contributed by atoms with Gasteiger partial charge in [-0.05, 0) is 17.9 Å². The Bertz CT molecular complexity index is 273. The largest absolute Gasteiger partial charge is 0.493 e. The highest BCUT2D eigenvalue weighted by molar-refractivity contribution is 9.10. The average molecular weight is 276 g/mol. The summed E-state index contributed by atoms with van der Waals surface area (Å²) >= 11 is 5.24. The zero-order chi connectivity index (χ0) is 10.4. The first-order chi connectivity index (χ1) is 6.72. The Morgan fingerprint density at radius 1 is 1.43 bits per heavy atom. The fraction of sp³-hybridized carbons (Fsp3) is 0.400. The van der Waals surface area contributed by atoms with Gasteiger partial charge in [-0.25, -0.2) is 0 Å². The maximum absolute atomic E-state index is 5.67. The number of anilines is 1. The molecule has 0 aliphatic heterocycles. The molecule has 0 aliphatic carbocycles. The minimum atomic E-state index is 0.720. The molecule has 0 unspecified atom stereocenters. The van der Waals surface area contributed by atoms with Gasteiger partial charge in [-0.3, -0.25) is 0 Å². The van der Waals surface area contributed by atoms with Crippen molar-refractivity contribution in [1.82, 2.24) is 0 Å². The van der Waals surface area contributed by atoms with E-state index in [1.165, 1.54) is 0 Å². The number of benzene rings is 1. The molecule has 0 fully saturated rings. The fourth-order valence-electron chi connectivity index (χ4n) is 1.03. The lowest BCUT2D eigenvalue weighted by molar-refractivity contribution is 0.344. The van der Waals surface area contributed by atoms with Crippen molar-refractivity contribution < 1.29 is 4.74 Å². The molecule has 0 saturated heterocycles. The number of hydrogen-bond acceptors (Lipinski definition) is 3. The summed E-state index contributed by atoms with van der Waals surface area (Å²) in [5, 5.41) is 0. The Morgan fingerprint density at radius 3 is 2.86 bits per heavy atom. The number of thioether (sulfide) groups is 1. The molecule has 78 valence electrons. The van der Waals surface area contributed by atoms with Crippen LogP contribution in [0, 0.1) is 0 Å². The molecule has 0 radical (unpaired) electrons. The summed E-state index contributed by atoms with van der Waals surface area (Å²) in [6, 6.07) is 5.61. The molecular formula is C10H14BrNOS.